The molecule has 1 aliphatic heterocycles. The van der Waals surface area contributed by atoms with Gasteiger partial charge in [-0.25, -0.2) is 4.98 Å². The van der Waals surface area contributed by atoms with Crippen LogP contribution < -0.4 is 10.9 Å². The number of amides is 1. The summed E-state index contributed by atoms with van der Waals surface area (Å²) in [6, 6.07) is 3.48. The van der Waals surface area contributed by atoms with E-state index in [0.29, 0.717) is 23.3 Å². The van der Waals surface area contributed by atoms with Crippen LogP contribution in [0.3, 0.4) is 0 Å². The van der Waals surface area contributed by atoms with Gasteiger partial charge in [0.05, 0.1) is 5.39 Å². The standard InChI is InChI=1S/C12H14N4O2S/c17-10(15-6-4-13-5-7-15)8-16-12(18)9-2-1-3-14-11(9)19-16/h1-3,13H,4-8H2. The Labute approximate surface area is 113 Å². The second-order valence-electron chi connectivity index (χ2n) is 4.42. The lowest BCUT2D eigenvalue weighted by Gasteiger charge is -2.27. The number of carbonyl (C=O) groups is 1. The smallest absolute Gasteiger partial charge is 0.270 e. The first kappa shape index (κ1) is 12.3. The predicted octanol–water partition coefficient (Wildman–Crippen LogP) is -0.110. The third-order valence-corrected chi connectivity index (χ3v) is 4.19. The highest BCUT2D eigenvalue weighted by Gasteiger charge is 2.18. The van der Waals surface area contributed by atoms with Crippen LogP contribution in [0.15, 0.2) is 23.1 Å². The molecule has 100 valence electrons. The van der Waals surface area contributed by atoms with Crippen LogP contribution in [0.25, 0.3) is 10.2 Å². The zero-order valence-electron chi connectivity index (χ0n) is 10.3. The van der Waals surface area contributed by atoms with Crippen molar-refractivity contribution in [3.05, 3.63) is 28.7 Å². The van der Waals surface area contributed by atoms with Crippen molar-refractivity contribution in [2.75, 3.05) is 26.2 Å². The molecule has 0 atom stereocenters. The monoisotopic (exact) mass is 278 g/mol. The van der Waals surface area contributed by atoms with Crippen LogP contribution in [0.2, 0.25) is 0 Å². The number of piperazine rings is 1. The first-order valence-electron chi connectivity index (χ1n) is 6.19. The largest absolute Gasteiger partial charge is 0.339 e. The summed E-state index contributed by atoms with van der Waals surface area (Å²) in [6.07, 6.45) is 1.65. The van der Waals surface area contributed by atoms with Gasteiger partial charge in [0, 0.05) is 32.4 Å². The van der Waals surface area contributed by atoms with E-state index < -0.39 is 0 Å². The van der Waals surface area contributed by atoms with Crippen LogP contribution in [0.5, 0.6) is 0 Å². The predicted molar refractivity (Wildman–Crippen MR) is 73.3 cm³/mol. The van der Waals surface area contributed by atoms with Crippen molar-refractivity contribution in [3.63, 3.8) is 0 Å². The molecule has 0 saturated carbocycles. The van der Waals surface area contributed by atoms with Gasteiger partial charge in [-0.05, 0) is 23.7 Å². The number of hydrogen-bond acceptors (Lipinski definition) is 5. The Morgan fingerprint density at radius 1 is 1.42 bits per heavy atom. The van der Waals surface area contributed by atoms with Gasteiger partial charge in [-0.2, -0.15) is 0 Å². The highest BCUT2D eigenvalue weighted by molar-refractivity contribution is 7.13. The summed E-state index contributed by atoms with van der Waals surface area (Å²) in [5.74, 6) is -0.00449. The molecule has 0 bridgehead atoms. The van der Waals surface area contributed by atoms with E-state index in [9.17, 15) is 9.59 Å². The van der Waals surface area contributed by atoms with Crippen molar-refractivity contribution in [3.8, 4) is 0 Å². The first-order valence-corrected chi connectivity index (χ1v) is 6.96. The number of rotatable bonds is 2. The zero-order chi connectivity index (χ0) is 13.2. The normalized spacial score (nSPS) is 15.9. The van der Waals surface area contributed by atoms with Crippen molar-refractivity contribution in [2.45, 2.75) is 6.54 Å². The van der Waals surface area contributed by atoms with Crippen LogP contribution in [-0.2, 0) is 11.3 Å². The molecule has 1 N–H and O–H groups in total. The minimum atomic E-state index is -0.128. The van der Waals surface area contributed by atoms with Gasteiger partial charge in [-0.15, -0.1) is 0 Å². The Morgan fingerprint density at radius 2 is 2.21 bits per heavy atom. The van der Waals surface area contributed by atoms with Crippen molar-refractivity contribution >= 4 is 27.7 Å². The maximum Gasteiger partial charge on any atom is 0.270 e. The molecule has 1 saturated heterocycles. The van der Waals surface area contributed by atoms with Crippen molar-refractivity contribution in [2.24, 2.45) is 0 Å². The summed E-state index contributed by atoms with van der Waals surface area (Å²) in [7, 11) is 0. The van der Waals surface area contributed by atoms with Gasteiger partial charge in [-0.1, -0.05) is 0 Å². The van der Waals surface area contributed by atoms with Crippen molar-refractivity contribution in [1.82, 2.24) is 19.2 Å². The third kappa shape index (κ3) is 2.39. The van der Waals surface area contributed by atoms with Crippen molar-refractivity contribution in [1.29, 1.82) is 0 Å². The lowest BCUT2D eigenvalue weighted by Crippen LogP contribution is -2.47. The summed E-state index contributed by atoms with van der Waals surface area (Å²) in [5, 5.41) is 3.78. The van der Waals surface area contributed by atoms with E-state index in [1.165, 1.54) is 15.5 Å². The molecule has 0 spiro atoms. The maximum absolute atomic E-state index is 12.1. The molecule has 6 nitrogen and oxygen atoms in total. The SMILES string of the molecule is O=C(Cn1sc2ncccc2c1=O)N1CCNCC1. The van der Waals surface area contributed by atoms with Gasteiger partial charge in [-0.3, -0.25) is 13.5 Å². The Morgan fingerprint density at radius 3 is 2.95 bits per heavy atom. The lowest BCUT2D eigenvalue weighted by molar-refractivity contribution is -0.132. The molecule has 2 aromatic heterocycles. The van der Waals surface area contributed by atoms with Gasteiger partial charge in [0.25, 0.3) is 5.56 Å². The lowest BCUT2D eigenvalue weighted by atomic mass is 10.3. The number of fused-ring (bicyclic) bond motifs is 1. The molecule has 19 heavy (non-hydrogen) atoms. The van der Waals surface area contributed by atoms with E-state index in [0.717, 1.165) is 13.1 Å². The summed E-state index contributed by atoms with van der Waals surface area (Å²) in [6.45, 7) is 3.15. The van der Waals surface area contributed by atoms with Gasteiger partial charge in [0.15, 0.2) is 0 Å². The molecule has 0 unspecified atom stereocenters. The van der Waals surface area contributed by atoms with E-state index in [1.807, 2.05) is 0 Å². The molecule has 3 heterocycles. The van der Waals surface area contributed by atoms with E-state index >= 15 is 0 Å². The fourth-order valence-corrected chi connectivity index (χ4v) is 3.07. The Balaban J connectivity index is 1.83. The topological polar surface area (TPSA) is 67.2 Å². The molecule has 0 aliphatic carbocycles. The highest BCUT2D eigenvalue weighted by atomic mass is 32.1. The van der Waals surface area contributed by atoms with E-state index in [4.69, 9.17) is 0 Å². The number of carbonyl (C=O) groups excluding carboxylic acids is 1. The molecule has 1 fully saturated rings. The first-order chi connectivity index (χ1) is 9.25. The average Bonchev–Trinajstić information content (AvgIpc) is 2.77. The fourth-order valence-electron chi connectivity index (χ4n) is 2.15. The molecule has 1 aliphatic rings. The van der Waals surface area contributed by atoms with Gasteiger partial charge >= 0.3 is 0 Å². The fraction of sp³-hybridized carbons (Fsp3) is 0.417. The van der Waals surface area contributed by atoms with Crippen LogP contribution in [0.1, 0.15) is 0 Å². The number of hydrogen-bond donors (Lipinski definition) is 1. The molecular formula is C12H14N4O2S. The molecule has 7 heteroatoms. The second-order valence-corrected chi connectivity index (χ2v) is 5.43. The molecule has 1 amide bonds. The number of aromatic nitrogens is 2. The highest BCUT2D eigenvalue weighted by Crippen LogP contribution is 2.13. The second kappa shape index (κ2) is 5.10. The molecule has 0 aromatic carbocycles. The summed E-state index contributed by atoms with van der Waals surface area (Å²) >= 11 is 1.25. The molecule has 2 aromatic rings. The van der Waals surface area contributed by atoms with Crippen LogP contribution >= 0.6 is 11.5 Å². The van der Waals surface area contributed by atoms with E-state index in [1.54, 1.807) is 23.2 Å². The van der Waals surface area contributed by atoms with Crippen LogP contribution in [0, 0.1) is 0 Å². The summed E-state index contributed by atoms with van der Waals surface area (Å²) < 4.78 is 1.49. The van der Waals surface area contributed by atoms with Crippen LogP contribution in [-0.4, -0.2) is 45.9 Å². The quantitative estimate of drug-likeness (QED) is 0.832. The number of pyridine rings is 1. The molecular weight excluding hydrogens is 264 g/mol. The zero-order valence-corrected chi connectivity index (χ0v) is 11.2. The van der Waals surface area contributed by atoms with Crippen molar-refractivity contribution < 1.29 is 4.79 Å². The summed E-state index contributed by atoms with van der Waals surface area (Å²) in [4.78, 5) is 30.8. The minimum absolute atomic E-state index is 0.00449. The van der Waals surface area contributed by atoms with E-state index in [2.05, 4.69) is 10.3 Å². The Kier molecular flexibility index (Phi) is 3.31. The van der Waals surface area contributed by atoms with Gasteiger partial charge < -0.3 is 10.2 Å². The van der Waals surface area contributed by atoms with Gasteiger partial charge in [0.2, 0.25) is 5.91 Å². The number of nitrogens with zero attached hydrogens (tertiary/aromatic N) is 3. The Hall–Kier alpha value is -1.73. The Bertz CT molecular complexity index is 657. The molecule has 3 rings (SSSR count). The molecule has 0 radical (unpaired) electrons. The van der Waals surface area contributed by atoms with E-state index in [-0.39, 0.29) is 18.0 Å². The maximum atomic E-state index is 12.1. The average molecular weight is 278 g/mol. The number of nitrogens with one attached hydrogen (secondary N) is 1. The van der Waals surface area contributed by atoms with Gasteiger partial charge in [0.1, 0.15) is 11.4 Å². The summed E-state index contributed by atoms with van der Waals surface area (Å²) in [5.41, 5.74) is -0.128. The third-order valence-electron chi connectivity index (χ3n) is 3.17. The minimum Gasteiger partial charge on any atom is -0.339 e. The van der Waals surface area contributed by atoms with Crippen LogP contribution in [0.4, 0.5) is 0 Å².